The van der Waals surface area contributed by atoms with Crippen molar-refractivity contribution in [2.75, 3.05) is 13.6 Å². The first-order valence-electron chi connectivity index (χ1n) is 7.73. The molecule has 0 aliphatic carbocycles. The van der Waals surface area contributed by atoms with E-state index in [1.165, 1.54) is 0 Å². The maximum atomic E-state index is 5.70. The Hall–Kier alpha value is -3.75. The zero-order valence-electron chi connectivity index (χ0n) is 13.6. The van der Waals surface area contributed by atoms with Crippen LogP contribution in [0, 0.1) is 0 Å². The fourth-order valence-corrected chi connectivity index (χ4v) is 2.34. The number of ether oxygens (including phenoxy) is 4. The second kappa shape index (κ2) is 7.01. The Kier molecular flexibility index (Phi) is 4.25. The summed E-state index contributed by atoms with van der Waals surface area (Å²) < 4.78 is 21.1. The van der Waals surface area contributed by atoms with Gasteiger partial charge in [-0.15, -0.1) is 5.10 Å². The SMILES string of the molecule is NC(=NN=Cc1ccc2c(c1)OCO2)NN=Cc1ccc2c(c1)OCO2. The highest BCUT2D eigenvalue weighted by molar-refractivity contribution is 5.85. The van der Waals surface area contributed by atoms with E-state index >= 15 is 0 Å². The minimum absolute atomic E-state index is 0.0546. The van der Waals surface area contributed by atoms with E-state index in [4.69, 9.17) is 24.7 Å². The first-order chi connectivity index (χ1) is 12.8. The number of rotatable bonds is 4. The van der Waals surface area contributed by atoms with Crippen molar-refractivity contribution in [3.63, 3.8) is 0 Å². The van der Waals surface area contributed by atoms with Gasteiger partial charge in [-0.3, -0.25) is 0 Å². The molecule has 0 saturated carbocycles. The minimum Gasteiger partial charge on any atom is -0.454 e. The Bertz CT molecular complexity index is 910. The van der Waals surface area contributed by atoms with Crippen molar-refractivity contribution in [3.8, 4) is 23.0 Å². The zero-order valence-corrected chi connectivity index (χ0v) is 13.6. The molecule has 132 valence electrons. The van der Waals surface area contributed by atoms with E-state index in [1.807, 2.05) is 36.4 Å². The molecule has 2 aliphatic rings. The summed E-state index contributed by atoms with van der Waals surface area (Å²) in [6.45, 7) is 0.460. The molecule has 26 heavy (non-hydrogen) atoms. The molecule has 0 fully saturated rings. The normalized spacial score (nSPS) is 15.2. The molecule has 0 unspecified atom stereocenters. The molecule has 4 rings (SSSR count). The lowest BCUT2D eigenvalue weighted by molar-refractivity contribution is 0.173. The number of hydrogen-bond donors (Lipinski definition) is 2. The minimum atomic E-state index is 0.0546. The van der Waals surface area contributed by atoms with Gasteiger partial charge in [-0.25, -0.2) is 5.43 Å². The third-order valence-corrected chi connectivity index (χ3v) is 3.56. The Morgan fingerprint density at radius 1 is 0.846 bits per heavy atom. The van der Waals surface area contributed by atoms with Crippen molar-refractivity contribution in [1.82, 2.24) is 5.43 Å². The van der Waals surface area contributed by atoms with Crippen LogP contribution in [0.5, 0.6) is 23.0 Å². The molecule has 2 aliphatic heterocycles. The summed E-state index contributed by atoms with van der Waals surface area (Å²) in [5, 5.41) is 11.7. The molecular formula is C17H15N5O4. The van der Waals surface area contributed by atoms with Gasteiger partial charge in [0, 0.05) is 0 Å². The number of nitrogens with two attached hydrogens (primary N) is 1. The maximum Gasteiger partial charge on any atom is 0.234 e. The number of fused-ring (bicyclic) bond motifs is 2. The molecule has 0 bridgehead atoms. The van der Waals surface area contributed by atoms with Gasteiger partial charge in [0.15, 0.2) is 23.0 Å². The van der Waals surface area contributed by atoms with Crippen LogP contribution in [0.15, 0.2) is 51.7 Å². The van der Waals surface area contributed by atoms with Crippen molar-refractivity contribution in [2.45, 2.75) is 0 Å². The first-order valence-corrected chi connectivity index (χ1v) is 7.73. The highest BCUT2D eigenvalue weighted by Crippen LogP contribution is 2.32. The molecule has 2 heterocycles. The molecule has 2 aromatic carbocycles. The second-order valence-electron chi connectivity index (χ2n) is 5.33. The predicted molar refractivity (Wildman–Crippen MR) is 95.1 cm³/mol. The van der Waals surface area contributed by atoms with Gasteiger partial charge >= 0.3 is 0 Å². The molecule has 3 N–H and O–H groups in total. The highest BCUT2D eigenvalue weighted by Gasteiger charge is 2.13. The van der Waals surface area contributed by atoms with E-state index in [0.29, 0.717) is 23.0 Å². The summed E-state index contributed by atoms with van der Waals surface area (Å²) in [5.74, 6) is 2.85. The highest BCUT2D eigenvalue weighted by atomic mass is 16.7. The molecule has 9 nitrogen and oxygen atoms in total. The number of hydrazone groups is 1. The van der Waals surface area contributed by atoms with Crippen molar-refractivity contribution < 1.29 is 18.9 Å². The Balaban J connectivity index is 1.33. The lowest BCUT2D eigenvalue weighted by Gasteiger charge is -1.98. The molecule has 0 aromatic heterocycles. The van der Waals surface area contributed by atoms with Crippen LogP contribution in [-0.4, -0.2) is 32.0 Å². The average Bonchev–Trinajstić information content (AvgIpc) is 3.29. The predicted octanol–water partition coefficient (Wildman–Crippen LogP) is 1.42. The summed E-state index contributed by atoms with van der Waals surface area (Å²) in [5.41, 5.74) is 9.94. The Morgan fingerprint density at radius 3 is 2.08 bits per heavy atom. The number of hydrogen-bond acceptors (Lipinski definition) is 7. The fraction of sp³-hybridized carbons (Fsp3) is 0.118. The Morgan fingerprint density at radius 2 is 1.42 bits per heavy atom. The van der Waals surface area contributed by atoms with Gasteiger partial charge in [0.1, 0.15) is 0 Å². The lowest BCUT2D eigenvalue weighted by Crippen LogP contribution is -2.26. The van der Waals surface area contributed by atoms with E-state index < -0.39 is 0 Å². The van der Waals surface area contributed by atoms with Crippen LogP contribution in [0.4, 0.5) is 0 Å². The number of nitrogens with zero attached hydrogens (tertiary/aromatic N) is 3. The third kappa shape index (κ3) is 3.51. The molecule has 0 amide bonds. The van der Waals surface area contributed by atoms with Crippen molar-refractivity contribution in [3.05, 3.63) is 47.5 Å². The summed E-state index contributed by atoms with van der Waals surface area (Å²) in [6, 6.07) is 10.9. The van der Waals surface area contributed by atoms with E-state index in [-0.39, 0.29) is 19.5 Å². The first kappa shape index (κ1) is 15.8. The van der Waals surface area contributed by atoms with E-state index in [2.05, 4.69) is 20.7 Å². The van der Waals surface area contributed by atoms with Gasteiger partial charge in [0.05, 0.1) is 12.4 Å². The fourth-order valence-electron chi connectivity index (χ4n) is 2.34. The van der Waals surface area contributed by atoms with Crippen LogP contribution in [0.25, 0.3) is 0 Å². The number of nitrogens with one attached hydrogen (secondary N) is 1. The van der Waals surface area contributed by atoms with Gasteiger partial charge in [0.25, 0.3) is 0 Å². The van der Waals surface area contributed by atoms with Gasteiger partial charge in [-0.1, -0.05) is 0 Å². The van der Waals surface area contributed by atoms with E-state index in [0.717, 1.165) is 11.1 Å². The largest absolute Gasteiger partial charge is 0.454 e. The van der Waals surface area contributed by atoms with Crippen molar-refractivity contribution in [1.29, 1.82) is 0 Å². The molecule has 0 radical (unpaired) electrons. The summed E-state index contributed by atoms with van der Waals surface area (Å²) >= 11 is 0. The van der Waals surface area contributed by atoms with Gasteiger partial charge in [0.2, 0.25) is 19.5 Å². The Labute approximate surface area is 148 Å². The third-order valence-electron chi connectivity index (χ3n) is 3.56. The maximum absolute atomic E-state index is 5.70. The second-order valence-corrected chi connectivity index (χ2v) is 5.33. The standard InChI is InChI=1S/C17H15N5O4/c18-17(21-19-7-11-1-3-13-15(5-11)25-9-23-13)22-20-8-12-2-4-14-16(6-12)26-10-24-14/h1-8H,9-10H2,(H3,18,21,22). The van der Waals surface area contributed by atoms with Crippen molar-refractivity contribution in [2.24, 2.45) is 21.0 Å². The topological polar surface area (TPSA) is 112 Å². The van der Waals surface area contributed by atoms with Gasteiger partial charge in [-0.05, 0) is 47.5 Å². The van der Waals surface area contributed by atoms with Gasteiger partial charge in [-0.2, -0.15) is 10.2 Å². The van der Waals surface area contributed by atoms with E-state index in [1.54, 1.807) is 12.4 Å². The van der Waals surface area contributed by atoms with Crippen LogP contribution >= 0.6 is 0 Å². The van der Waals surface area contributed by atoms with Crippen LogP contribution in [-0.2, 0) is 0 Å². The summed E-state index contributed by atoms with van der Waals surface area (Å²) in [4.78, 5) is 0. The smallest absolute Gasteiger partial charge is 0.234 e. The van der Waals surface area contributed by atoms with Gasteiger partial charge < -0.3 is 24.7 Å². The van der Waals surface area contributed by atoms with Crippen LogP contribution in [0.2, 0.25) is 0 Å². The molecule has 2 aromatic rings. The monoisotopic (exact) mass is 353 g/mol. The van der Waals surface area contributed by atoms with Crippen LogP contribution < -0.4 is 30.1 Å². The molecule has 0 atom stereocenters. The molecular weight excluding hydrogens is 338 g/mol. The van der Waals surface area contributed by atoms with Crippen LogP contribution in [0.1, 0.15) is 11.1 Å². The molecule has 0 spiro atoms. The quantitative estimate of drug-likeness (QED) is 0.488. The average molecular weight is 353 g/mol. The number of benzene rings is 2. The van der Waals surface area contributed by atoms with Crippen LogP contribution in [0.3, 0.4) is 0 Å². The zero-order chi connectivity index (χ0) is 17.8. The van der Waals surface area contributed by atoms with Crippen molar-refractivity contribution >= 4 is 18.4 Å². The molecule has 9 heteroatoms. The summed E-state index contributed by atoms with van der Waals surface area (Å²) in [7, 11) is 0. The summed E-state index contributed by atoms with van der Waals surface area (Å²) in [6.07, 6.45) is 3.14. The number of guanidine groups is 1. The van der Waals surface area contributed by atoms with E-state index in [9.17, 15) is 0 Å². The lowest BCUT2D eigenvalue weighted by atomic mass is 10.2. The molecule has 0 saturated heterocycles.